The predicted molar refractivity (Wildman–Crippen MR) is 47.5 cm³/mol. The van der Waals surface area contributed by atoms with E-state index in [1.54, 1.807) is 19.2 Å². The van der Waals surface area contributed by atoms with Crippen LogP contribution in [0.25, 0.3) is 0 Å². The van der Waals surface area contributed by atoms with Crippen molar-refractivity contribution in [1.82, 2.24) is 14.8 Å². The molecule has 1 aromatic heterocycles. The smallest absolute Gasteiger partial charge is 0.320 e. The molecule has 0 amide bonds. The van der Waals surface area contributed by atoms with Crippen LogP contribution in [0, 0.1) is 5.82 Å². The summed E-state index contributed by atoms with van der Waals surface area (Å²) in [6.07, 6.45) is 1.37. The van der Waals surface area contributed by atoms with Crippen LogP contribution in [-0.4, -0.2) is 14.8 Å². The molecule has 72 valence electrons. The normalized spacial score (nSPS) is 10.1. The van der Waals surface area contributed by atoms with Crippen molar-refractivity contribution in [2.75, 3.05) is 0 Å². The number of hydrogen-bond donors (Lipinski definition) is 0. The Kier molecular flexibility index (Phi) is 2.14. The van der Waals surface area contributed by atoms with Crippen molar-refractivity contribution >= 4 is 0 Å². The second-order valence-electron chi connectivity index (χ2n) is 2.73. The fourth-order valence-corrected chi connectivity index (χ4v) is 1.01. The summed E-state index contributed by atoms with van der Waals surface area (Å²) < 4.78 is 19.5. The van der Waals surface area contributed by atoms with Gasteiger partial charge in [-0.1, -0.05) is 6.07 Å². The van der Waals surface area contributed by atoms with Crippen molar-refractivity contribution in [3.8, 4) is 11.8 Å². The zero-order valence-corrected chi connectivity index (χ0v) is 7.51. The summed E-state index contributed by atoms with van der Waals surface area (Å²) in [6, 6.07) is 6.19. The van der Waals surface area contributed by atoms with Crippen LogP contribution in [0.2, 0.25) is 0 Å². The van der Waals surface area contributed by atoms with Crippen LogP contribution < -0.4 is 4.74 Å². The van der Waals surface area contributed by atoms with E-state index in [-0.39, 0.29) is 5.82 Å². The van der Waals surface area contributed by atoms with Crippen molar-refractivity contribution in [3.05, 3.63) is 36.4 Å². The lowest BCUT2D eigenvalue weighted by Gasteiger charge is -2.02. The highest BCUT2D eigenvalue weighted by Crippen LogP contribution is 2.18. The van der Waals surface area contributed by atoms with E-state index in [0.29, 0.717) is 11.8 Å². The molecule has 0 atom stereocenters. The minimum Gasteiger partial charge on any atom is -0.424 e. The van der Waals surface area contributed by atoms with Gasteiger partial charge in [0, 0.05) is 13.1 Å². The third-order valence-electron chi connectivity index (χ3n) is 1.68. The third-order valence-corrected chi connectivity index (χ3v) is 1.68. The third kappa shape index (κ3) is 1.71. The first-order valence-corrected chi connectivity index (χ1v) is 4.03. The SMILES string of the molecule is Cn1ncnc1Oc1cccc(F)c1. The topological polar surface area (TPSA) is 39.9 Å². The van der Waals surface area contributed by atoms with Gasteiger partial charge in [0.25, 0.3) is 0 Å². The molecule has 0 unspecified atom stereocenters. The summed E-state index contributed by atoms with van der Waals surface area (Å²) in [5.41, 5.74) is 0. The summed E-state index contributed by atoms with van der Waals surface area (Å²) in [4.78, 5) is 3.85. The standard InChI is InChI=1S/C9H8FN3O/c1-13-9(11-6-12-13)14-8-4-2-3-7(10)5-8/h2-6H,1H3. The summed E-state index contributed by atoms with van der Waals surface area (Å²) in [6.45, 7) is 0. The van der Waals surface area contributed by atoms with Gasteiger partial charge in [-0.05, 0) is 12.1 Å². The average Bonchev–Trinajstić information content (AvgIpc) is 2.52. The van der Waals surface area contributed by atoms with Crippen LogP contribution in [0.1, 0.15) is 0 Å². The van der Waals surface area contributed by atoms with Gasteiger partial charge in [-0.15, -0.1) is 0 Å². The molecule has 5 heteroatoms. The van der Waals surface area contributed by atoms with Crippen LogP contribution in [0.3, 0.4) is 0 Å². The molecule has 1 heterocycles. The number of ether oxygens (including phenoxy) is 1. The highest BCUT2D eigenvalue weighted by Gasteiger charge is 2.03. The zero-order chi connectivity index (χ0) is 9.97. The number of halogens is 1. The Bertz CT molecular complexity index is 441. The van der Waals surface area contributed by atoms with Gasteiger partial charge in [-0.2, -0.15) is 10.1 Å². The van der Waals surface area contributed by atoms with Gasteiger partial charge in [-0.3, -0.25) is 0 Å². The van der Waals surface area contributed by atoms with Gasteiger partial charge in [0.05, 0.1) is 0 Å². The van der Waals surface area contributed by atoms with E-state index >= 15 is 0 Å². The number of hydrogen-bond acceptors (Lipinski definition) is 3. The first-order chi connectivity index (χ1) is 6.75. The van der Waals surface area contributed by atoms with Gasteiger partial charge in [0.2, 0.25) is 0 Å². The molecule has 0 aliphatic carbocycles. The Morgan fingerprint density at radius 1 is 1.43 bits per heavy atom. The van der Waals surface area contributed by atoms with Gasteiger partial charge in [0.15, 0.2) is 0 Å². The molecule has 0 saturated carbocycles. The molecular formula is C9H8FN3O. The van der Waals surface area contributed by atoms with Crippen molar-refractivity contribution in [2.45, 2.75) is 0 Å². The quantitative estimate of drug-likeness (QED) is 0.729. The van der Waals surface area contributed by atoms with E-state index in [4.69, 9.17) is 4.74 Å². The second kappa shape index (κ2) is 3.45. The van der Waals surface area contributed by atoms with E-state index in [1.807, 2.05) is 0 Å². The molecule has 0 fully saturated rings. The Morgan fingerprint density at radius 2 is 2.29 bits per heavy atom. The number of rotatable bonds is 2. The summed E-state index contributed by atoms with van der Waals surface area (Å²) >= 11 is 0. The van der Waals surface area contributed by atoms with E-state index in [0.717, 1.165) is 0 Å². The lowest BCUT2D eigenvalue weighted by molar-refractivity contribution is 0.412. The highest BCUT2D eigenvalue weighted by molar-refractivity contribution is 5.25. The highest BCUT2D eigenvalue weighted by atomic mass is 19.1. The Labute approximate surface area is 80.0 Å². The second-order valence-corrected chi connectivity index (χ2v) is 2.73. The average molecular weight is 193 g/mol. The van der Waals surface area contributed by atoms with Crippen LogP contribution >= 0.6 is 0 Å². The minimum atomic E-state index is -0.343. The molecule has 0 spiro atoms. The summed E-state index contributed by atoms with van der Waals surface area (Å²) in [7, 11) is 1.70. The summed E-state index contributed by atoms with van der Waals surface area (Å²) in [5.74, 6) is 0.0609. The molecule has 0 radical (unpaired) electrons. The number of nitrogens with zero attached hydrogens (tertiary/aromatic N) is 3. The monoisotopic (exact) mass is 193 g/mol. The maximum Gasteiger partial charge on any atom is 0.320 e. The van der Waals surface area contributed by atoms with Crippen molar-refractivity contribution in [3.63, 3.8) is 0 Å². The van der Waals surface area contributed by atoms with Crippen molar-refractivity contribution < 1.29 is 9.13 Å². The Morgan fingerprint density at radius 3 is 2.93 bits per heavy atom. The van der Waals surface area contributed by atoms with Crippen molar-refractivity contribution in [2.24, 2.45) is 7.05 Å². The Hall–Kier alpha value is -1.91. The van der Waals surface area contributed by atoms with Crippen LogP contribution in [0.15, 0.2) is 30.6 Å². The number of aromatic nitrogens is 3. The molecule has 14 heavy (non-hydrogen) atoms. The van der Waals surface area contributed by atoms with Crippen LogP contribution in [0.5, 0.6) is 11.8 Å². The fourth-order valence-electron chi connectivity index (χ4n) is 1.01. The molecule has 0 bridgehead atoms. The molecule has 0 aliphatic rings. The molecule has 0 aliphatic heterocycles. The van der Waals surface area contributed by atoms with Crippen molar-refractivity contribution in [1.29, 1.82) is 0 Å². The van der Waals surface area contributed by atoms with E-state index in [2.05, 4.69) is 10.1 Å². The molecule has 0 N–H and O–H groups in total. The molecular weight excluding hydrogens is 185 g/mol. The maximum atomic E-state index is 12.8. The minimum absolute atomic E-state index is 0.329. The first-order valence-electron chi connectivity index (χ1n) is 4.03. The maximum absolute atomic E-state index is 12.8. The van der Waals surface area contributed by atoms with Gasteiger partial charge >= 0.3 is 6.01 Å². The molecule has 2 aromatic rings. The predicted octanol–water partition coefficient (Wildman–Crippen LogP) is 1.75. The molecule has 1 aromatic carbocycles. The fraction of sp³-hybridized carbons (Fsp3) is 0.111. The number of aryl methyl sites for hydroxylation is 1. The van der Waals surface area contributed by atoms with Gasteiger partial charge in [0.1, 0.15) is 17.9 Å². The lowest BCUT2D eigenvalue weighted by Crippen LogP contribution is -1.95. The van der Waals surface area contributed by atoms with E-state index in [9.17, 15) is 4.39 Å². The van der Waals surface area contributed by atoms with Gasteiger partial charge < -0.3 is 4.74 Å². The van der Waals surface area contributed by atoms with E-state index < -0.39 is 0 Å². The number of benzene rings is 1. The van der Waals surface area contributed by atoms with Gasteiger partial charge in [-0.25, -0.2) is 9.07 Å². The molecule has 2 rings (SSSR count). The Balaban J connectivity index is 2.23. The van der Waals surface area contributed by atoms with Crippen LogP contribution in [-0.2, 0) is 7.05 Å². The van der Waals surface area contributed by atoms with E-state index in [1.165, 1.54) is 23.1 Å². The zero-order valence-electron chi connectivity index (χ0n) is 7.51. The van der Waals surface area contributed by atoms with Crippen LogP contribution in [0.4, 0.5) is 4.39 Å². The molecule has 0 saturated heterocycles. The largest absolute Gasteiger partial charge is 0.424 e. The molecule has 4 nitrogen and oxygen atoms in total. The first kappa shape index (κ1) is 8.68. The summed E-state index contributed by atoms with van der Waals surface area (Å²) in [5, 5.41) is 3.82. The lowest BCUT2D eigenvalue weighted by atomic mass is 10.3.